The van der Waals surface area contributed by atoms with Crippen molar-refractivity contribution in [2.75, 3.05) is 6.54 Å². The third-order valence-corrected chi connectivity index (χ3v) is 4.77. The monoisotopic (exact) mass is 324 g/mol. The lowest BCUT2D eigenvalue weighted by Gasteiger charge is -2.32. The van der Waals surface area contributed by atoms with Crippen LogP contribution in [0.25, 0.3) is 0 Å². The third-order valence-electron chi connectivity index (χ3n) is 4.77. The zero-order chi connectivity index (χ0) is 15.5. The van der Waals surface area contributed by atoms with Gasteiger partial charge in [0.1, 0.15) is 0 Å². The molecule has 0 spiro atoms. The van der Waals surface area contributed by atoms with Crippen LogP contribution >= 0.6 is 12.4 Å². The zero-order valence-corrected chi connectivity index (χ0v) is 14.7. The Morgan fingerprint density at radius 1 is 1.36 bits per heavy atom. The van der Waals surface area contributed by atoms with Crippen molar-refractivity contribution >= 4 is 18.3 Å². The Morgan fingerprint density at radius 3 is 2.59 bits per heavy atom. The molecule has 1 fully saturated rings. The van der Waals surface area contributed by atoms with Gasteiger partial charge in [-0.05, 0) is 44.6 Å². The molecular formula is C18H29ClN2O. The summed E-state index contributed by atoms with van der Waals surface area (Å²) in [6, 6.07) is 10.8. The van der Waals surface area contributed by atoms with E-state index in [2.05, 4.69) is 38.1 Å². The highest BCUT2D eigenvalue weighted by Crippen LogP contribution is 2.29. The molecule has 1 heterocycles. The van der Waals surface area contributed by atoms with Crippen LogP contribution in [0, 0.1) is 5.92 Å². The Labute approximate surface area is 140 Å². The fraction of sp³-hybridized carbons (Fsp3) is 0.611. The van der Waals surface area contributed by atoms with E-state index < -0.39 is 5.54 Å². The average Bonchev–Trinajstić information content (AvgIpc) is 2.80. The fourth-order valence-electron chi connectivity index (χ4n) is 3.43. The first kappa shape index (κ1) is 19.0. The molecule has 1 aromatic carbocycles. The van der Waals surface area contributed by atoms with Gasteiger partial charge in [-0.2, -0.15) is 0 Å². The Kier molecular flexibility index (Phi) is 6.89. The molecule has 3 atom stereocenters. The minimum absolute atomic E-state index is 0. The molecule has 0 radical (unpaired) electrons. The van der Waals surface area contributed by atoms with Crippen molar-refractivity contribution in [2.45, 2.75) is 58.0 Å². The standard InChI is InChI=1S/C18H28N2O.ClH/c1-4-11-18(3,19)17(21)20-12-10-16(14(20)2)13-15-8-6-5-7-9-15;/h5-9,14,16H,4,10-13,19H2,1-3H3;1H. The van der Waals surface area contributed by atoms with E-state index >= 15 is 0 Å². The van der Waals surface area contributed by atoms with Gasteiger partial charge in [0.25, 0.3) is 0 Å². The lowest BCUT2D eigenvalue weighted by molar-refractivity contribution is -0.137. The van der Waals surface area contributed by atoms with E-state index in [0.29, 0.717) is 5.92 Å². The molecule has 1 aliphatic rings. The molecule has 0 aromatic heterocycles. The van der Waals surface area contributed by atoms with Gasteiger partial charge in [-0.15, -0.1) is 12.4 Å². The summed E-state index contributed by atoms with van der Waals surface area (Å²) in [5.74, 6) is 0.654. The number of benzene rings is 1. The van der Waals surface area contributed by atoms with Gasteiger partial charge in [-0.3, -0.25) is 4.79 Å². The molecule has 22 heavy (non-hydrogen) atoms. The summed E-state index contributed by atoms with van der Waals surface area (Å²) in [6.07, 6.45) is 3.80. The lowest BCUT2D eigenvalue weighted by atomic mass is 9.92. The van der Waals surface area contributed by atoms with Crippen molar-refractivity contribution in [1.29, 1.82) is 0 Å². The second-order valence-corrected chi connectivity index (χ2v) is 6.65. The summed E-state index contributed by atoms with van der Waals surface area (Å²) < 4.78 is 0. The molecule has 2 rings (SSSR count). The number of amides is 1. The molecule has 4 heteroatoms. The van der Waals surface area contributed by atoms with Crippen molar-refractivity contribution in [2.24, 2.45) is 11.7 Å². The topological polar surface area (TPSA) is 46.3 Å². The quantitative estimate of drug-likeness (QED) is 0.902. The van der Waals surface area contributed by atoms with Gasteiger partial charge < -0.3 is 10.6 Å². The van der Waals surface area contributed by atoms with Crippen LogP contribution < -0.4 is 5.73 Å². The largest absolute Gasteiger partial charge is 0.338 e. The number of hydrogen-bond donors (Lipinski definition) is 1. The molecule has 0 bridgehead atoms. The van der Waals surface area contributed by atoms with Crippen molar-refractivity contribution in [3.8, 4) is 0 Å². The van der Waals surface area contributed by atoms with Gasteiger partial charge >= 0.3 is 0 Å². The van der Waals surface area contributed by atoms with Crippen molar-refractivity contribution in [3.63, 3.8) is 0 Å². The van der Waals surface area contributed by atoms with E-state index in [1.807, 2.05) is 17.9 Å². The summed E-state index contributed by atoms with van der Waals surface area (Å²) in [5.41, 5.74) is 6.86. The van der Waals surface area contributed by atoms with Crippen LogP contribution in [0.1, 0.15) is 45.6 Å². The first-order valence-electron chi connectivity index (χ1n) is 8.09. The number of hydrogen-bond acceptors (Lipinski definition) is 2. The van der Waals surface area contributed by atoms with Crippen molar-refractivity contribution < 1.29 is 4.79 Å². The Bertz CT molecular complexity index is 475. The van der Waals surface area contributed by atoms with Crippen LogP contribution in [0.5, 0.6) is 0 Å². The minimum Gasteiger partial charge on any atom is -0.338 e. The molecule has 1 saturated heterocycles. The van der Waals surface area contributed by atoms with E-state index in [1.54, 1.807) is 0 Å². The fourth-order valence-corrected chi connectivity index (χ4v) is 3.43. The zero-order valence-electron chi connectivity index (χ0n) is 13.9. The number of likely N-dealkylation sites (tertiary alicyclic amines) is 1. The number of nitrogens with two attached hydrogens (primary N) is 1. The van der Waals surface area contributed by atoms with Crippen molar-refractivity contribution in [3.05, 3.63) is 35.9 Å². The van der Waals surface area contributed by atoms with E-state index in [1.165, 1.54) is 5.56 Å². The van der Waals surface area contributed by atoms with Gasteiger partial charge in [-0.1, -0.05) is 43.7 Å². The maximum absolute atomic E-state index is 12.7. The number of halogens is 1. The predicted octanol–water partition coefficient (Wildman–Crippen LogP) is 3.41. The maximum Gasteiger partial charge on any atom is 0.242 e. The van der Waals surface area contributed by atoms with E-state index in [9.17, 15) is 4.79 Å². The SMILES string of the molecule is CCCC(C)(N)C(=O)N1CCC(Cc2ccccc2)C1C.Cl. The normalized spacial score (nSPS) is 23.7. The average molecular weight is 325 g/mol. The highest BCUT2D eigenvalue weighted by atomic mass is 35.5. The third kappa shape index (κ3) is 4.23. The van der Waals surface area contributed by atoms with Gasteiger partial charge in [0.15, 0.2) is 0 Å². The van der Waals surface area contributed by atoms with Crippen LogP contribution in [0.3, 0.4) is 0 Å². The van der Waals surface area contributed by atoms with Crippen molar-refractivity contribution in [1.82, 2.24) is 4.90 Å². The number of carbonyl (C=O) groups is 1. The summed E-state index contributed by atoms with van der Waals surface area (Å²) in [5, 5.41) is 0. The second-order valence-electron chi connectivity index (χ2n) is 6.65. The molecule has 0 aliphatic carbocycles. The Hall–Kier alpha value is -1.06. The van der Waals surface area contributed by atoms with Gasteiger partial charge in [0.05, 0.1) is 5.54 Å². The lowest BCUT2D eigenvalue weighted by Crippen LogP contribution is -2.54. The Morgan fingerprint density at radius 2 is 2.00 bits per heavy atom. The molecule has 3 unspecified atom stereocenters. The first-order valence-corrected chi connectivity index (χ1v) is 8.09. The number of rotatable bonds is 5. The van der Waals surface area contributed by atoms with Gasteiger partial charge in [0.2, 0.25) is 5.91 Å². The Balaban J connectivity index is 0.00000242. The van der Waals surface area contributed by atoms with E-state index in [4.69, 9.17) is 5.73 Å². The van der Waals surface area contributed by atoms with Crippen LogP contribution in [-0.2, 0) is 11.2 Å². The molecule has 2 N–H and O–H groups in total. The van der Waals surface area contributed by atoms with Crippen LogP contribution in [0.15, 0.2) is 30.3 Å². The highest BCUT2D eigenvalue weighted by Gasteiger charge is 2.39. The van der Waals surface area contributed by atoms with Crippen LogP contribution in [-0.4, -0.2) is 28.9 Å². The number of nitrogens with zero attached hydrogens (tertiary/aromatic N) is 1. The first-order chi connectivity index (χ1) is 9.95. The second kappa shape index (κ2) is 7.98. The molecule has 124 valence electrons. The van der Waals surface area contributed by atoms with Crippen LogP contribution in [0.2, 0.25) is 0 Å². The summed E-state index contributed by atoms with van der Waals surface area (Å²) >= 11 is 0. The van der Waals surface area contributed by atoms with E-state index in [-0.39, 0.29) is 24.4 Å². The summed E-state index contributed by atoms with van der Waals surface area (Å²) in [4.78, 5) is 14.7. The van der Waals surface area contributed by atoms with Gasteiger partial charge in [-0.25, -0.2) is 0 Å². The molecule has 1 amide bonds. The minimum atomic E-state index is -0.718. The number of carbonyl (C=O) groups excluding carboxylic acids is 1. The van der Waals surface area contributed by atoms with E-state index in [0.717, 1.165) is 32.2 Å². The maximum atomic E-state index is 12.7. The molecule has 1 aromatic rings. The highest BCUT2D eigenvalue weighted by molar-refractivity contribution is 5.86. The van der Waals surface area contributed by atoms with Crippen LogP contribution in [0.4, 0.5) is 0 Å². The summed E-state index contributed by atoms with van der Waals surface area (Å²) in [6.45, 7) is 6.95. The smallest absolute Gasteiger partial charge is 0.242 e. The van der Waals surface area contributed by atoms with Gasteiger partial charge in [0, 0.05) is 12.6 Å². The molecule has 0 saturated carbocycles. The molecule has 1 aliphatic heterocycles. The molecular weight excluding hydrogens is 296 g/mol. The molecule has 3 nitrogen and oxygen atoms in total. The summed E-state index contributed by atoms with van der Waals surface area (Å²) in [7, 11) is 0. The predicted molar refractivity (Wildman–Crippen MR) is 94.2 cm³/mol.